The Morgan fingerprint density at radius 3 is 1.98 bits per heavy atom. The Balaban J connectivity index is 1.12. The minimum absolute atomic E-state index is 0.0566. The normalized spacial score (nSPS) is 17.1. The average molecular weight is 545 g/mol. The van der Waals surface area contributed by atoms with E-state index in [4.69, 9.17) is 0 Å². The molecule has 4 aromatic carbocycles. The monoisotopic (exact) mass is 544 g/mol. The summed E-state index contributed by atoms with van der Waals surface area (Å²) in [6.45, 7) is 5.74. The molecular weight excluding hydrogens is 508 g/mol. The number of nitrogens with one attached hydrogen (secondary N) is 1. The standard InChI is InChI=1S/C35H36N4O2/c1-2-21-39-33(30-15-9-10-16-31(30)35(39)41)36-29-19-17-28(18-20-29)34(40)38-24-22-37(23-25-38)32(26-11-5-3-6-12-26)27-13-7-4-8-14-27/h3-20,32-33,36H,2,21-25H2,1H3/t33-/m0/s1. The van der Waals surface area contributed by atoms with E-state index in [1.54, 1.807) is 0 Å². The lowest BCUT2D eigenvalue weighted by molar-refractivity contribution is 0.0597. The van der Waals surface area contributed by atoms with E-state index >= 15 is 0 Å². The molecule has 0 aromatic heterocycles. The number of carbonyl (C=O) groups is 2. The molecule has 1 saturated heterocycles. The Labute approximate surface area is 242 Å². The first-order chi connectivity index (χ1) is 20.1. The molecule has 208 valence electrons. The van der Waals surface area contributed by atoms with Gasteiger partial charge < -0.3 is 15.1 Å². The van der Waals surface area contributed by atoms with Gasteiger partial charge in [-0.25, -0.2) is 0 Å². The maximum Gasteiger partial charge on any atom is 0.256 e. The lowest BCUT2D eigenvalue weighted by Crippen LogP contribution is -2.49. The van der Waals surface area contributed by atoms with Gasteiger partial charge >= 0.3 is 0 Å². The minimum Gasteiger partial charge on any atom is -0.361 e. The summed E-state index contributed by atoms with van der Waals surface area (Å²) in [5.74, 6) is 0.119. The van der Waals surface area contributed by atoms with E-state index in [9.17, 15) is 9.59 Å². The van der Waals surface area contributed by atoms with Crippen LogP contribution in [0.4, 0.5) is 5.69 Å². The van der Waals surface area contributed by atoms with Crippen molar-refractivity contribution >= 4 is 17.5 Å². The molecule has 0 bridgehead atoms. The van der Waals surface area contributed by atoms with E-state index in [1.165, 1.54) is 11.1 Å². The van der Waals surface area contributed by atoms with Crippen molar-refractivity contribution in [1.29, 1.82) is 0 Å². The lowest BCUT2D eigenvalue weighted by atomic mass is 9.96. The second kappa shape index (κ2) is 12.0. The predicted molar refractivity (Wildman–Crippen MR) is 163 cm³/mol. The van der Waals surface area contributed by atoms with Gasteiger partial charge in [-0.3, -0.25) is 14.5 Å². The van der Waals surface area contributed by atoms with Crippen molar-refractivity contribution in [2.24, 2.45) is 0 Å². The fraction of sp³-hybridized carbons (Fsp3) is 0.257. The summed E-state index contributed by atoms with van der Waals surface area (Å²) in [4.78, 5) is 32.7. The zero-order valence-corrected chi connectivity index (χ0v) is 23.4. The second-order valence-corrected chi connectivity index (χ2v) is 10.8. The van der Waals surface area contributed by atoms with Crippen molar-refractivity contribution in [2.75, 3.05) is 38.0 Å². The van der Waals surface area contributed by atoms with Crippen LogP contribution in [0.25, 0.3) is 0 Å². The number of anilines is 1. The van der Waals surface area contributed by atoms with Crippen LogP contribution in [0, 0.1) is 0 Å². The number of rotatable bonds is 8. The molecule has 0 spiro atoms. The van der Waals surface area contributed by atoms with E-state index in [2.05, 4.69) is 77.8 Å². The molecule has 1 N–H and O–H groups in total. The molecule has 41 heavy (non-hydrogen) atoms. The van der Waals surface area contributed by atoms with Crippen LogP contribution in [0.2, 0.25) is 0 Å². The fourth-order valence-electron chi connectivity index (χ4n) is 6.11. The third-order valence-electron chi connectivity index (χ3n) is 8.16. The highest BCUT2D eigenvalue weighted by molar-refractivity contribution is 5.99. The summed E-state index contributed by atoms with van der Waals surface area (Å²) in [5.41, 5.74) is 5.85. The maximum absolute atomic E-state index is 13.5. The molecule has 6 heteroatoms. The number of amides is 2. The highest BCUT2D eigenvalue weighted by atomic mass is 16.2. The van der Waals surface area contributed by atoms with Crippen LogP contribution < -0.4 is 5.32 Å². The molecule has 0 unspecified atom stereocenters. The van der Waals surface area contributed by atoms with Crippen molar-refractivity contribution in [3.63, 3.8) is 0 Å². The van der Waals surface area contributed by atoms with Gasteiger partial charge in [-0.2, -0.15) is 0 Å². The first kappa shape index (κ1) is 26.8. The summed E-state index contributed by atoms with van der Waals surface area (Å²) in [7, 11) is 0. The topological polar surface area (TPSA) is 55.9 Å². The zero-order chi connectivity index (χ0) is 28.2. The number of nitrogens with zero attached hydrogens (tertiary/aromatic N) is 3. The Bertz CT molecular complexity index is 1440. The molecule has 6 nitrogen and oxygen atoms in total. The number of carbonyl (C=O) groups excluding carboxylic acids is 2. The lowest BCUT2D eigenvalue weighted by Gasteiger charge is -2.39. The summed E-state index contributed by atoms with van der Waals surface area (Å²) in [5, 5.41) is 3.53. The van der Waals surface area contributed by atoms with Gasteiger partial charge in [-0.05, 0) is 47.9 Å². The minimum atomic E-state index is -0.213. The van der Waals surface area contributed by atoms with Crippen LogP contribution in [-0.2, 0) is 0 Å². The molecule has 1 atom stereocenters. The maximum atomic E-state index is 13.5. The zero-order valence-electron chi connectivity index (χ0n) is 23.4. The Kier molecular flexibility index (Phi) is 7.83. The predicted octanol–water partition coefficient (Wildman–Crippen LogP) is 6.21. The Morgan fingerprint density at radius 2 is 1.37 bits per heavy atom. The van der Waals surface area contributed by atoms with Crippen LogP contribution in [0.15, 0.2) is 109 Å². The summed E-state index contributed by atoms with van der Waals surface area (Å²) >= 11 is 0. The van der Waals surface area contributed by atoms with Crippen molar-refractivity contribution in [3.05, 3.63) is 137 Å². The van der Waals surface area contributed by atoms with Gasteiger partial charge in [-0.15, -0.1) is 0 Å². The average Bonchev–Trinajstić information content (AvgIpc) is 3.29. The number of hydrogen-bond acceptors (Lipinski definition) is 4. The number of piperazine rings is 1. The van der Waals surface area contributed by atoms with E-state index in [-0.39, 0.29) is 24.0 Å². The van der Waals surface area contributed by atoms with Gasteiger partial charge in [0.2, 0.25) is 0 Å². The summed E-state index contributed by atoms with van der Waals surface area (Å²) < 4.78 is 0. The van der Waals surface area contributed by atoms with Crippen LogP contribution in [0.5, 0.6) is 0 Å². The molecule has 0 radical (unpaired) electrons. The molecule has 4 aromatic rings. The summed E-state index contributed by atoms with van der Waals surface area (Å²) in [6, 6.07) is 36.8. The van der Waals surface area contributed by atoms with Crippen molar-refractivity contribution < 1.29 is 9.59 Å². The Morgan fingerprint density at radius 1 is 0.780 bits per heavy atom. The van der Waals surface area contributed by atoms with Gasteiger partial charge in [-0.1, -0.05) is 85.8 Å². The fourth-order valence-corrected chi connectivity index (χ4v) is 6.11. The molecule has 1 fully saturated rings. The van der Waals surface area contributed by atoms with Crippen molar-refractivity contribution in [2.45, 2.75) is 25.6 Å². The van der Waals surface area contributed by atoms with Gasteiger partial charge in [0.25, 0.3) is 11.8 Å². The van der Waals surface area contributed by atoms with E-state index in [1.807, 2.05) is 58.3 Å². The van der Waals surface area contributed by atoms with Crippen LogP contribution in [-0.4, -0.2) is 59.2 Å². The largest absolute Gasteiger partial charge is 0.361 e. The highest BCUT2D eigenvalue weighted by Gasteiger charge is 2.36. The molecule has 2 amide bonds. The summed E-state index contributed by atoms with van der Waals surface area (Å²) in [6.07, 6.45) is 0.672. The molecular formula is C35H36N4O2. The Hall–Kier alpha value is -4.42. The van der Waals surface area contributed by atoms with Crippen molar-refractivity contribution in [1.82, 2.24) is 14.7 Å². The SMILES string of the molecule is CCCN1C(=O)c2ccccc2[C@H]1Nc1ccc(C(=O)N2CCN(C(c3ccccc3)c3ccccc3)CC2)cc1. The molecule has 2 aliphatic heterocycles. The number of hydrogen-bond donors (Lipinski definition) is 1. The van der Waals surface area contributed by atoms with Gasteiger partial charge in [0, 0.05) is 55.1 Å². The molecule has 2 aliphatic rings. The van der Waals surface area contributed by atoms with E-state index in [0.29, 0.717) is 25.2 Å². The number of fused-ring (bicyclic) bond motifs is 1. The second-order valence-electron chi connectivity index (χ2n) is 10.8. The number of benzene rings is 4. The van der Waals surface area contributed by atoms with Crippen molar-refractivity contribution in [3.8, 4) is 0 Å². The smallest absolute Gasteiger partial charge is 0.256 e. The first-order valence-electron chi connectivity index (χ1n) is 14.5. The van der Waals surface area contributed by atoms with Crippen LogP contribution >= 0.6 is 0 Å². The molecule has 0 saturated carbocycles. The van der Waals surface area contributed by atoms with Gasteiger partial charge in [0.05, 0.1) is 6.04 Å². The highest BCUT2D eigenvalue weighted by Crippen LogP contribution is 2.35. The first-order valence-corrected chi connectivity index (χ1v) is 14.5. The van der Waals surface area contributed by atoms with E-state index < -0.39 is 0 Å². The quantitative estimate of drug-likeness (QED) is 0.287. The third-order valence-corrected chi connectivity index (χ3v) is 8.16. The molecule has 2 heterocycles. The molecule has 6 rings (SSSR count). The van der Waals surface area contributed by atoms with Gasteiger partial charge in [0.1, 0.15) is 6.17 Å². The van der Waals surface area contributed by atoms with Crippen LogP contribution in [0.1, 0.15) is 63.0 Å². The third kappa shape index (κ3) is 5.48. The van der Waals surface area contributed by atoms with E-state index in [0.717, 1.165) is 36.3 Å². The molecule has 0 aliphatic carbocycles. The van der Waals surface area contributed by atoms with Crippen LogP contribution in [0.3, 0.4) is 0 Å². The van der Waals surface area contributed by atoms with Gasteiger partial charge in [0.15, 0.2) is 0 Å².